The van der Waals surface area contributed by atoms with Crippen molar-refractivity contribution >= 4 is 33.7 Å². The molecule has 1 saturated heterocycles. The van der Waals surface area contributed by atoms with Crippen molar-refractivity contribution < 1.29 is 14.5 Å². The summed E-state index contributed by atoms with van der Waals surface area (Å²) in [5.74, 6) is -0.383. The van der Waals surface area contributed by atoms with Crippen molar-refractivity contribution in [3.05, 3.63) is 21.1 Å². The van der Waals surface area contributed by atoms with Gasteiger partial charge in [0.15, 0.2) is 10.8 Å². The number of nitrogens with zero attached hydrogens (tertiary/aromatic N) is 2. The Balaban J connectivity index is 2.45. The lowest BCUT2D eigenvalue weighted by atomic mass is 10.2. The topological polar surface area (TPSA) is 92.5 Å². The molecule has 1 unspecified atom stereocenters. The molecule has 2 rings (SSSR count). The maximum atomic E-state index is 11.6. The molecule has 19 heavy (non-hydrogen) atoms. The van der Waals surface area contributed by atoms with E-state index < -0.39 is 11.0 Å². The minimum absolute atomic E-state index is 0.114. The maximum Gasteiger partial charge on any atom is 0.304 e. The van der Waals surface area contributed by atoms with Crippen LogP contribution < -0.4 is 10.2 Å². The summed E-state index contributed by atoms with van der Waals surface area (Å²) in [6.07, 6.45) is 0. The van der Waals surface area contributed by atoms with Crippen molar-refractivity contribution in [3.8, 4) is 0 Å². The summed E-state index contributed by atoms with van der Waals surface area (Å²) in [4.78, 5) is 35.5. The number of nitrogens with one attached hydrogen (secondary N) is 1. The van der Waals surface area contributed by atoms with Gasteiger partial charge in [-0.1, -0.05) is 0 Å². The number of anilines is 1. The highest BCUT2D eigenvalue weighted by molar-refractivity contribution is 7.18. The fraction of sp³-hybridized carbons (Fsp3) is 0.455. The quantitative estimate of drug-likeness (QED) is 0.511. The summed E-state index contributed by atoms with van der Waals surface area (Å²) < 4.78 is 0. The Bertz CT molecular complexity index is 554. The zero-order chi connectivity index (χ0) is 14.2. The molecule has 7 nitrogen and oxygen atoms in total. The molecule has 2 heterocycles. The number of ketones is 1. The Labute approximate surface area is 113 Å². The van der Waals surface area contributed by atoms with E-state index in [1.165, 1.54) is 13.0 Å². The van der Waals surface area contributed by atoms with E-state index in [4.69, 9.17) is 0 Å². The molecule has 0 saturated carbocycles. The highest BCUT2D eigenvalue weighted by Gasteiger charge is 2.32. The lowest BCUT2D eigenvalue weighted by Gasteiger charge is -2.32. The van der Waals surface area contributed by atoms with Crippen LogP contribution in [0.3, 0.4) is 0 Å². The number of thiophene rings is 1. The summed E-state index contributed by atoms with van der Waals surface area (Å²) >= 11 is 1.06. The second kappa shape index (κ2) is 4.96. The molecule has 1 amide bonds. The van der Waals surface area contributed by atoms with Crippen molar-refractivity contribution in [3.63, 3.8) is 0 Å². The molecular weight excluding hydrogens is 270 g/mol. The van der Waals surface area contributed by atoms with Crippen LogP contribution in [-0.4, -0.2) is 35.7 Å². The van der Waals surface area contributed by atoms with E-state index in [9.17, 15) is 19.7 Å². The first-order valence-corrected chi connectivity index (χ1v) is 6.57. The SMILES string of the molecule is CC(=O)c1cc([N+](=O)[O-])c(N2CCNC(=O)C2C)s1. The van der Waals surface area contributed by atoms with E-state index in [0.29, 0.717) is 23.0 Å². The molecule has 0 aliphatic carbocycles. The van der Waals surface area contributed by atoms with Gasteiger partial charge in [0, 0.05) is 19.2 Å². The molecule has 102 valence electrons. The standard InChI is InChI=1S/C11H13N3O4S/c1-6-10(16)12-3-4-13(6)11-8(14(17)18)5-9(19-11)7(2)15/h5-6H,3-4H2,1-2H3,(H,12,16). The fourth-order valence-electron chi connectivity index (χ4n) is 1.94. The van der Waals surface area contributed by atoms with Gasteiger partial charge >= 0.3 is 5.69 Å². The van der Waals surface area contributed by atoms with Gasteiger partial charge in [0.1, 0.15) is 6.04 Å². The number of hydrogen-bond donors (Lipinski definition) is 1. The van der Waals surface area contributed by atoms with Crippen LogP contribution in [0.15, 0.2) is 6.07 Å². The molecule has 0 bridgehead atoms. The zero-order valence-corrected chi connectivity index (χ0v) is 11.3. The van der Waals surface area contributed by atoms with E-state index in [2.05, 4.69) is 5.32 Å². The number of rotatable bonds is 3. The van der Waals surface area contributed by atoms with Crippen LogP contribution in [0, 0.1) is 10.1 Å². The average molecular weight is 283 g/mol. The normalized spacial score (nSPS) is 19.2. The molecule has 0 aromatic carbocycles. The van der Waals surface area contributed by atoms with E-state index in [0.717, 1.165) is 11.3 Å². The van der Waals surface area contributed by atoms with Crippen LogP contribution in [-0.2, 0) is 4.79 Å². The van der Waals surface area contributed by atoms with Crippen molar-refractivity contribution in [2.45, 2.75) is 19.9 Å². The molecule has 8 heteroatoms. The van der Waals surface area contributed by atoms with Gasteiger partial charge < -0.3 is 10.2 Å². The van der Waals surface area contributed by atoms with Crippen LogP contribution in [0.4, 0.5) is 10.7 Å². The Morgan fingerprint density at radius 3 is 2.89 bits per heavy atom. The van der Waals surface area contributed by atoms with Crippen molar-refractivity contribution in [1.82, 2.24) is 5.32 Å². The first-order valence-electron chi connectivity index (χ1n) is 5.75. The summed E-state index contributed by atoms with van der Waals surface area (Å²) in [6, 6.07) is 0.799. The Morgan fingerprint density at radius 1 is 1.63 bits per heavy atom. The van der Waals surface area contributed by atoms with Crippen molar-refractivity contribution in [2.24, 2.45) is 0 Å². The minimum Gasteiger partial charge on any atom is -0.353 e. The fourth-order valence-corrected chi connectivity index (χ4v) is 3.07. The van der Waals surface area contributed by atoms with E-state index >= 15 is 0 Å². The third-order valence-corrected chi connectivity index (χ3v) is 4.26. The van der Waals surface area contributed by atoms with E-state index in [1.54, 1.807) is 11.8 Å². The second-order valence-corrected chi connectivity index (χ2v) is 5.31. The molecule has 1 fully saturated rings. The van der Waals surface area contributed by atoms with Gasteiger partial charge in [0.2, 0.25) is 5.91 Å². The highest BCUT2D eigenvalue weighted by Crippen LogP contribution is 2.39. The van der Waals surface area contributed by atoms with Gasteiger partial charge in [0.05, 0.1) is 9.80 Å². The summed E-state index contributed by atoms with van der Waals surface area (Å²) in [7, 11) is 0. The summed E-state index contributed by atoms with van der Waals surface area (Å²) in [5.41, 5.74) is -0.114. The zero-order valence-electron chi connectivity index (χ0n) is 10.5. The molecule has 1 atom stereocenters. The Morgan fingerprint density at radius 2 is 2.32 bits per heavy atom. The molecule has 1 N–H and O–H groups in total. The number of hydrogen-bond acceptors (Lipinski definition) is 6. The number of nitro groups is 1. The average Bonchev–Trinajstić information content (AvgIpc) is 2.77. The molecule has 1 aromatic heterocycles. The van der Waals surface area contributed by atoms with Gasteiger partial charge in [0.25, 0.3) is 0 Å². The Kier molecular flexibility index (Phi) is 3.52. The minimum atomic E-state index is -0.516. The summed E-state index contributed by atoms with van der Waals surface area (Å²) in [6.45, 7) is 3.98. The first-order chi connectivity index (χ1) is 8.91. The van der Waals surface area contributed by atoms with E-state index in [1.807, 2.05) is 0 Å². The van der Waals surface area contributed by atoms with Crippen LogP contribution in [0.5, 0.6) is 0 Å². The Hall–Kier alpha value is -1.96. The van der Waals surface area contributed by atoms with Gasteiger partial charge in [-0.05, 0) is 13.8 Å². The van der Waals surface area contributed by atoms with Crippen molar-refractivity contribution in [1.29, 1.82) is 0 Å². The maximum absolute atomic E-state index is 11.6. The van der Waals surface area contributed by atoms with Gasteiger partial charge in [-0.15, -0.1) is 11.3 Å². The number of carbonyl (C=O) groups excluding carboxylic acids is 2. The number of piperazine rings is 1. The summed E-state index contributed by atoms with van der Waals surface area (Å²) in [5, 5.41) is 14.1. The van der Waals surface area contributed by atoms with Crippen molar-refractivity contribution in [2.75, 3.05) is 18.0 Å². The number of Topliss-reactive ketones (excluding diaryl/α,β-unsaturated/α-hetero) is 1. The first kappa shape index (κ1) is 13.5. The molecule has 0 spiro atoms. The molecule has 1 aliphatic rings. The number of amides is 1. The number of carbonyl (C=O) groups is 2. The highest BCUT2D eigenvalue weighted by atomic mass is 32.1. The third-order valence-electron chi connectivity index (χ3n) is 3.00. The molecule has 1 aliphatic heterocycles. The molecule has 0 radical (unpaired) electrons. The molecular formula is C11H13N3O4S. The monoisotopic (exact) mass is 283 g/mol. The van der Waals surface area contributed by atoms with Gasteiger partial charge in [-0.25, -0.2) is 0 Å². The van der Waals surface area contributed by atoms with Crippen LogP contribution >= 0.6 is 11.3 Å². The van der Waals surface area contributed by atoms with Crippen LogP contribution in [0.2, 0.25) is 0 Å². The van der Waals surface area contributed by atoms with E-state index in [-0.39, 0.29) is 17.4 Å². The predicted molar refractivity (Wildman–Crippen MR) is 70.8 cm³/mol. The third kappa shape index (κ3) is 2.43. The van der Waals surface area contributed by atoms with Crippen LogP contribution in [0.1, 0.15) is 23.5 Å². The lowest BCUT2D eigenvalue weighted by Crippen LogP contribution is -2.53. The molecule has 1 aromatic rings. The largest absolute Gasteiger partial charge is 0.353 e. The smallest absolute Gasteiger partial charge is 0.304 e. The van der Waals surface area contributed by atoms with Crippen LogP contribution in [0.25, 0.3) is 0 Å². The second-order valence-electron chi connectivity index (χ2n) is 4.27. The van der Waals surface area contributed by atoms with Gasteiger partial charge in [-0.2, -0.15) is 0 Å². The lowest BCUT2D eigenvalue weighted by molar-refractivity contribution is -0.383. The van der Waals surface area contributed by atoms with Gasteiger partial charge in [-0.3, -0.25) is 19.7 Å². The predicted octanol–water partition coefficient (Wildman–Crippen LogP) is 1.18.